The number of ether oxygens (including phenoxy) is 1. The van der Waals surface area contributed by atoms with Gasteiger partial charge in [-0.25, -0.2) is 0 Å². The maximum atomic E-state index is 12.1. The van der Waals surface area contributed by atoms with Crippen molar-refractivity contribution in [3.63, 3.8) is 0 Å². The minimum atomic E-state index is -0.487. The lowest BCUT2D eigenvalue weighted by atomic mass is 9.91. The van der Waals surface area contributed by atoms with Crippen LogP contribution in [0.2, 0.25) is 0 Å². The highest BCUT2D eigenvalue weighted by Gasteiger charge is 2.41. The number of nitrogens with zero attached hydrogens (tertiary/aromatic N) is 1. The normalized spacial score (nSPS) is 27.7. The summed E-state index contributed by atoms with van der Waals surface area (Å²) in [5, 5.41) is 11.1. The van der Waals surface area contributed by atoms with Crippen LogP contribution in [0.4, 0.5) is 0 Å². The summed E-state index contributed by atoms with van der Waals surface area (Å²) in [6.45, 7) is 2.00. The zero-order valence-electron chi connectivity index (χ0n) is 13.6. The van der Waals surface area contributed by atoms with E-state index in [1.807, 2.05) is 19.1 Å². The minimum Gasteiger partial charge on any atom is -0.497 e. The molecule has 0 spiro atoms. The van der Waals surface area contributed by atoms with Crippen LogP contribution < -0.4 is 10.1 Å². The number of carbonyl (C=O) groups excluding carboxylic acids is 1. The maximum Gasteiger partial charge on any atom is 0.231 e. The van der Waals surface area contributed by atoms with Crippen molar-refractivity contribution in [1.29, 1.82) is 5.41 Å². The van der Waals surface area contributed by atoms with Crippen molar-refractivity contribution in [1.82, 2.24) is 10.2 Å². The van der Waals surface area contributed by atoms with Crippen LogP contribution in [0.1, 0.15) is 24.8 Å². The van der Waals surface area contributed by atoms with Gasteiger partial charge < -0.3 is 10.1 Å². The lowest BCUT2D eigenvalue weighted by molar-refractivity contribution is -0.128. The van der Waals surface area contributed by atoms with E-state index in [1.54, 1.807) is 25.9 Å². The second kappa shape index (κ2) is 5.92. The molecule has 2 aliphatic rings. The molecule has 1 amide bonds. The van der Waals surface area contributed by atoms with Crippen LogP contribution in [0.5, 0.6) is 5.75 Å². The Morgan fingerprint density at radius 1 is 1.48 bits per heavy atom. The average Bonchev–Trinajstić information content (AvgIpc) is 3.03. The van der Waals surface area contributed by atoms with Crippen LogP contribution >= 0.6 is 11.8 Å². The van der Waals surface area contributed by atoms with E-state index in [4.69, 9.17) is 10.1 Å². The number of thioether (sulfide) groups is 1. The van der Waals surface area contributed by atoms with E-state index >= 15 is 0 Å². The van der Waals surface area contributed by atoms with Gasteiger partial charge in [0.05, 0.1) is 19.1 Å². The third-order valence-electron chi connectivity index (χ3n) is 4.45. The zero-order valence-corrected chi connectivity index (χ0v) is 14.4. The Labute approximate surface area is 140 Å². The molecular formula is C17H21N3O2S. The highest BCUT2D eigenvalue weighted by atomic mass is 32.2. The number of carbonyl (C=O) groups is 1. The first kappa shape index (κ1) is 15.9. The van der Waals surface area contributed by atoms with E-state index in [1.165, 1.54) is 10.5 Å². The molecule has 122 valence electrons. The number of hydrogen-bond donors (Lipinski definition) is 2. The molecular weight excluding hydrogens is 310 g/mol. The largest absolute Gasteiger partial charge is 0.497 e. The molecule has 2 N–H and O–H groups in total. The first-order valence-electron chi connectivity index (χ1n) is 7.55. The first-order chi connectivity index (χ1) is 10.9. The Bertz CT molecular complexity index is 668. The van der Waals surface area contributed by atoms with Gasteiger partial charge in [0.1, 0.15) is 5.75 Å². The monoisotopic (exact) mass is 331 g/mol. The van der Waals surface area contributed by atoms with E-state index in [0.29, 0.717) is 12.3 Å². The smallest absolute Gasteiger partial charge is 0.231 e. The number of allylic oxidation sites excluding steroid dienone is 1. The summed E-state index contributed by atoms with van der Waals surface area (Å²) >= 11 is 1.76. The lowest BCUT2D eigenvalue weighted by Gasteiger charge is -2.39. The van der Waals surface area contributed by atoms with Crippen molar-refractivity contribution in [3.8, 4) is 5.75 Å². The summed E-state index contributed by atoms with van der Waals surface area (Å²) in [7, 11) is 3.30. The number of amides is 1. The Morgan fingerprint density at radius 3 is 2.96 bits per heavy atom. The number of nitrogens with one attached hydrogen (secondary N) is 2. The predicted molar refractivity (Wildman–Crippen MR) is 92.9 cm³/mol. The second-order valence-electron chi connectivity index (χ2n) is 6.16. The summed E-state index contributed by atoms with van der Waals surface area (Å²) in [5.41, 5.74) is 0.726. The predicted octanol–water partition coefficient (Wildman–Crippen LogP) is 2.55. The summed E-state index contributed by atoms with van der Waals surface area (Å²) in [5.74, 6) is 2.23. The van der Waals surface area contributed by atoms with Crippen LogP contribution in [-0.4, -0.2) is 42.2 Å². The molecule has 0 aromatic heterocycles. The number of methoxy groups -OCH3 is 1. The lowest BCUT2D eigenvalue weighted by Crippen LogP contribution is -2.60. The van der Waals surface area contributed by atoms with Crippen molar-refractivity contribution in [3.05, 3.63) is 40.8 Å². The molecule has 2 aliphatic heterocycles. The third kappa shape index (κ3) is 2.95. The van der Waals surface area contributed by atoms with Crippen LogP contribution in [0, 0.1) is 5.41 Å². The van der Waals surface area contributed by atoms with E-state index in [2.05, 4.69) is 23.5 Å². The minimum absolute atomic E-state index is 0.0254. The standard InChI is InChI=1S/C17H21N3O2S/c1-17(9-15(21)20(2)16(18)19-17)14-8-12(10-23-14)11-5-4-6-13(7-11)22-3/h4-8,12H,9-10H2,1-3H3,(H2,18,19)/t12?,17-/m0/s1. The fraction of sp³-hybridized carbons (Fsp3) is 0.412. The van der Waals surface area contributed by atoms with Crippen molar-refractivity contribution in [2.75, 3.05) is 19.9 Å². The molecule has 1 aromatic carbocycles. The SMILES string of the molecule is COc1cccc(C2C=C([C@]3(C)CC(=O)N(C)C(=N)N3)SC2)c1. The maximum absolute atomic E-state index is 12.1. The molecule has 1 fully saturated rings. The van der Waals surface area contributed by atoms with Gasteiger partial charge in [0.15, 0.2) is 5.96 Å². The van der Waals surface area contributed by atoms with Gasteiger partial charge in [-0.15, -0.1) is 11.8 Å². The topological polar surface area (TPSA) is 65.4 Å². The molecule has 5 nitrogen and oxygen atoms in total. The zero-order chi connectivity index (χ0) is 16.6. The van der Waals surface area contributed by atoms with Crippen molar-refractivity contribution >= 4 is 23.6 Å². The van der Waals surface area contributed by atoms with Crippen LogP contribution in [0.3, 0.4) is 0 Å². The molecule has 23 heavy (non-hydrogen) atoms. The van der Waals surface area contributed by atoms with Gasteiger partial charge >= 0.3 is 0 Å². The van der Waals surface area contributed by atoms with Crippen molar-refractivity contribution in [2.24, 2.45) is 0 Å². The second-order valence-corrected chi connectivity index (χ2v) is 7.22. The van der Waals surface area contributed by atoms with Crippen molar-refractivity contribution in [2.45, 2.75) is 24.8 Å². The number of hydrogen-bond acceptors (Lipinski definition) is 4. The molecule has 3 rings (SSSR count). The first-order valence-corrected chi connectivity index (χ1v) is 8.54. The Kier molecular flexibility index (Phi) is 4.10. The van der Waals surface area contributed by atoms with Gasteiger partial charge in [0, 0.05) is 23.6 Å². The number of guanidine groups is 1. The summed E-state index contributed by atoms with van der Waals surface area (Å²) in [4.78, 5) is 14.6. The van der Waals surface area contributed by atoms with E-state index < -0.39 is 5.54 Å². The molecule has 0 saturated carbocycles. The average molecular weight is 331 g/mol. The highest BCUT2D eigenvalue weighted by Crippen LogP contribution is 2.43. The van der Waals surface area contributed by atoms with Crippen LogP contribution in [0.15, 0.2) is 35.2 Å². The van der Waals surface area contributed by atoms with Gasteiger partial charge in [-0.3, -0.25) is 15.1 Å². The van der Waals surface area contributed by atoms with Gasteiger partial charge in [-0.1, -0.05) is 18.2 Å². The van der Waals surface area contributed by atoms with Gasteiger partial charge in [0.2, 0.25) is 5.91 Å². The third-order valence-corrected chi connectivity index (χ3v) is 5.87. The molecule has 1 aromatic rings. The van der Waals surface area contributed by atoms with E-state index in [-0.39, 0.29) is 11.9 Å². The Morgan fingerprint density at radius 2 is 2.26 bits per heavy atom. The van der Waals surface area contributed by atoms with Crippen LogP contribution in [-0.2, 0) is 4.79 Å². The highest BCUT2D eigenvalue weighted by molar-refractivity contribution is 8.03. The van der Waals surface area contributed by atoms with Gasteiger partial charge in [-0.05, 0) is 24.6 Å². The molecule has 0 radical (unpaired) electrons. The molecule has 1 saturated heterocycles. The van der Waals surface area contributed by atoms with E-state index in [0.717, 1.165) is 16.4 Å². The molecule has 6 heteroatoms. The van der Waals surface area contributed by atoms with Crippen LogP contribution in [0.25, 0.3) is 0 Å². The molecule has 2 atom stereocenters. The Hall–Kier alpha value is -1.95. The van der Waals surface area contributed by atoms with Gasteiger partial charge in [0.25, 0.3) is 0 Å². The molecule has 0 bridgehead atoms. The molecule has 2 heterocycles. The summed E-state index contributed by atoms with van der Waals surface area (Å²) in [6.07, 6.45) is 2.59. The molecule has 0 aliphatic carbocycles. The molecule has 1 unspecified atom stereocenters. The number of benzene rings is 1. The van der Waals surface area contributed by atoms with Gasteiger partial charge in [-0.2, -0.15) is 0 Å². The van der Waals surface area contributed by atoms with Crippen molar-refractivity contribution < 1.29 is 9.53 Å². The fourth-order valence-corrected chi connectivity index (χ4v) is 4.30. The van der Waals surface area contributed by atoms with E-state index in [9.17, 15) is 4.79 Å². The Balaban J connectivity index is 1.84. The summed E-state index contributed by atoms with van der Waals surface area (Å²) in [6, 6.07) is 8.10. The fourth-order valence-electron chi connectivity index (χ4n) is 2.95. The quantitative estimate of drug-likeness (QED) is 0.893. The number of rotatable bonds is 3. The summed E-state index contributed by atoms with van der Waals surface area (Å²) < 4.78 is 5.30.